The zero-order chi connectivity index (χ0) is 39.1. The molecule has 3 fully saturated rings. The third kappa shape index (κ3) is 15.6. The fourth-order valence-electron chi connectivity index (χ4n) is 6.18. The molecule has 2 aliphatic carbocycles. The minimum Gasteiger partial charge on any atom is -0.346 e. The molecule has 13 heteroatoms. The van der Waals surface area contributed by atoms with E-state index >= 15 is 0 Å². The zero-order valence-corrected chi connectivity index (χ0v) is 32.7. The van der Waals surface area contributed by atoms with Gasteiger partial charge in [0, 0.05) is 25.5 Å². The van der Waals surface area contributed by atoms with Crippen LogP contribution < -0.4 is 21.3 Å². The van der Waals surface area contributed by atoms with Gasteiger partial charge in [-0.1, -0.05) is 93.1 Å². The van der Waals surface area contributed by atoms with Crippen LogP contribution in [0.1, 0.15) is 130 Å². The number of likely N-dealkylation sites (tertiary alicyclic amines) is 1. The number of ketones is 1. The molecule has 4 N–H and O–H groups in total. The highest BCUT2D eigenvalue weighted by Crippen LogP contribution is 2.31. The van der Waals surface area contributed by atoms with Gasteiger partial charge >= 0.3 is 0 Å². The van der Waals surface area contributed by atoms with Gasteiger partial charge in [0.1, 0.15) is 17.8 Å². The molecule has 52 heavy (non-hydrogen) atoms. The number of hydrogen-bond donors (Lipinski definition) is 4. The quantitative estimate of drug-likeness (QED) is 0.160. The third-order valence-electron chi connectivity index (χ3n) is 8.83. The molecule has 2 saturated carbocycles. The molecule has 13 nitrogen and oxygen atoms in total. The zero-order valence-electron chi connectivity index (χ0n) is 32.7. The van der Waals surface area contributed by atoms with Gasteiger partial charge < -0.3 is 26.2 Å². The first-order valence-electron chi connectivity index (χ1n) is 19.4. The molecule has 4 rings (SSSR count). The largest absolute Gasteiger partial charge is 0.346 e. The predicted octanol–water partition coefficient (Wildman–Crippen LogP) is 4.52. The molecule has 1 aromatic heterocycles. The van der Waals surface area contributed by atoms with Crippen molar-refractivity contribution < 1.29 is 28.8 Å². The summed E-state index contributed by atoms with van der Waals surface area (Å²) in [6.07, 6.45) is 14.4. The first-order valence-corrected chi connectivity index (χ1v) is 19.4. The molecule has 3 atom stereocenters. The molecule has 1 saturated heterocycles. The second-order valence-corrected chi connectivity index (χ2v) is 13.6. The van der Waals surface area contributed by atoms with Crippen molar-refractivity contribution in [3.05, 3.63) is 36.9 Å². The number of carbonyl (C=O) groups excluding carboxylic acids is 6. The van der Waals surface area contributed by atoms with Crippen molar-refractivity contribution in [2.75, 3.05) is 19.6 Å². The Balaban J connectivity index is 0.00000155. The molecule has 0 radical (unpaired) electrons. The second kappa shape index (κ2) is 25.7. The number of amides is 5. The van der Waals surface area contributed by atoms with E-state index in [2.05, 4.69) is 58.6 Å². The van der Waals surface area contributed by atoms with Gasteiger partial charge in [0.2, 0.25) is 23.5 Å². The van der Waals surface area contributed by atoms with Crippen LogP contribution in [0.15, 0.2) is 31.2 Å². The van der Waals surface area contributed by atoms with Crippen molar-refractivity contribution in [1.29, 1.82) is 0 Å². The number of carbonyl (C=O) groups is 6. The smallest absolute Gasteiger partial charge is 0.289 e. The van der Waals surface area contributed by atoms with Crippen LogP contribution in [0.3, 0.4) is 0 Å². The van der Waals surface area contributed by atoms with E-state index in [4.69, 9.17) is 0 Å². The monoisotopic (exact) mass is 727 g/mol. The van der Waals surface area contributed by atoms with Gasteiger partial charge in [0.25, 0.3) is 11.8 Å². The first-order chi connectivity index (χ1) is 25.0. The number of nitrogens with one attached hydrogen (secondary N) is 4. The lowest BCUT2D eigenvalue weighted by Crippen LogP contribution is -2.56. The summed E-state index contributed by atoms with van der Waals surface area (Å²) in [5, 5.41) is 10.7. The van der Waals surface area contributed by atoms with E-state index in [-0.39, 0.29) is 30.6 Å². The highest BCUT2D eigenvalue weighted by Gasteiger charge is 2.38. The van der Waals surface area contributed by atoms with Crippen molar-refractivity contribution in [3.63, 3.8) is 0 Å². The Morgan fingerprint density at radius 3 is 2.08 bits per heavy atom. The minimum atomic E-state index is -0.982. The van der Waals surface area contributed by atoms with Gasteiger partial charge in [-0.3, -0.25) is 33.8 Å². The Morgan fingerprint density at radius 1 is 0.865 bits per heavy atom. The normalized spacial score (nSPS) is 17.8. The van der Waals surface area contributed by atoms with Crippen LogP contribution in [0.4, 0.5) is 0 Å². The van der Waals surface area contributed by atoms with Gasteiger partial charge in [0.15, 0.2) is 0 Å². The van der Waals surface area contributed by atoms with Crippen LogP contribution in [0.2, 0.25) is 0 Å². The second-order valence-electron chi connectivity index (χ2n) is 13.6. The molecule has 3 aliphatic rings. The van der Waals surface area contributed by atoms with Gasteiger partial charge in [0.05, 0.1) is 18.8 Å². The Hall–Kier alpha value is -4.16. The lowest BCUT2D eigenvalue weighted by molar-refractivity contribution is -0.142. The maximum atomic E-state index is 13.4. The number of aromatic nitrogens is 2. The van der Waals surface area contributed by atoms with E-state index in [1.807, 2.05) is 27.7 Å². The van der Waals surface area contributed by atoms with E-state index in [9.17, 15) is 28.8 Å². The molecule has 2 heterocycles. The van der Waals surface area contributed by atoms with Crippen molar-refractivity contribution in [1.82, 2.24) is 36.1 Å². The Morgan fingerprint density at radius 2 is 1.52 bits per heavy atom. The maximum Gasteiger partial charge on any atom is 0.289 e. The summed E-state index contributed by atoms with van der Waals surface area (Å²) in [6.45, 7) is 18.1. The standard InChI is InChI=1S/C31H43N7O6.C4H10.2C2H6/c1-2-13-34-31(44)27(40)22(17-20-8-6-9-20)36-29(42)24-12-7-16-38(24)25(39)19-35-30(43)26(21-10-4-3-5-11-21)37-28(41)23-18-32-14-15-33-23;1-4(2)3;2*1-2/h2,14-15,18,20-22,24,26H,1,3-13,16-17,19H2,(H,34,44)(H,35,43)(H,36,42)(H,37,41);4H,1-3H3;2*1-2H3. The molecule has 0 aromatic carbocycles. The number of Topliss-reactive ketones (excluding diaryl/α,β-unsaturated/α-hetero) is 1. The number of nitrogens with zero attached hydrogens (tertiary/aromatic N) is 3. The molecule has 5 amide bonds. The number of hydrogen-bond acceptors (Lipinski definition) is 8. The summed E-state index contributed by atoms with van der Waals surface area (Å²) in [4.78, 5) is 87.4. The highest BCUT2D eigenvalue weighted by atomic mass is 16.2. The van der Waals surface area contributed by atoms with Crippen LogP contribution in [-0.2, 0) is 24.0 Å². The lowest BCUT2D eigenvalue weighted by Gasteiger charge is -2.31. The average molecular weight is 728 g/mol. The fourth-order valence-corrected chi connectivity index (χ4v) is 6.18. The molecule has 292 valence electrons. The molecule has 3 unspecified atom stereocenters. The van der Waals surface area contributed by atoms with E-state index in [0.717, 1.165) is 57.3 Å². The van der Waals surface area contributed by atoms with Crippen LogP contribution in [0.25, 0.3) is 0 Å². The Bertz CT molecular complexity index is 1260. The molecular weight excluding hydrogens is 662 g/mol. The third-order valence-corrected chi connectivity index (χ3v) is 8.83. The van der Waals surface area contributed by atoms with Crippen LogP contribution in [0, 0.1) is 17.8 Å². The molecular formula is C39H65N7O6. The Labute approximate surface area is 311 Å². The van der Waals surface area contributed by atoms with Crippen LogP contribution in [-0.4, -0.2) is 87.9 Å². The van der Waals surface area contributed by atoms with Crippen LogP contribution >= 0.6 is 0 Å². The van der Waals surface area contributed by atoms with Crippen LogP contribution in [0.5, 0.6) is 0 Å². The summed E-state index contributed by atoms with van der Waals surface area (Å²) < 4.78 is 0. The SMILES string of the molecule is C=CCNC(=O)C(=O)C(CC1CCC1)NC(=O)C1CCCN1C(=O)CNC(=O)C(NC(=O)c1cnccn1)C1CCCCC1.CC.CC.CC(C)C. The molecule has 0 bridgehead atoms. The van der Waals surface area contributed by atoms with Gasteiger partial charge in [-0.15, -0.1) is 6.58 Å². The predicted molar refractivity (Wildman–Crippen MR) is 203 cm³/mol. The lowest BCUT2D eigenvalue weighted by atomic mass is 9.80. The average Bonchev–Trinajstić information content (AvgIpc) is 3.65. The van der Waals surface area contributed by atoms with E-state index in [0.29, 0.717) is 25.8 Å². The molecule has 0 spiro atoms. The first kappa shape index (κ1) is 45.9. The van der Waals surface area contributed by atoms with Gasteiger partial charge in [-0.05, 0) is 49.9 Å². The van der Waals surface area contributed by atoms with Crippen molar-refractivity contribution in [3.8, 4) is 0 Å². The molecule has 1 aliphatic heterocycles. The molecule has 1 aromatic rings. The maximum absolute atomic E-state index is 13.4. The van der Waals surface area contributed by atoms with Gasteiger partial charge in [-0.2, -0.15) is 0 Å². The Kier molecular flexibility index (Phi) is 22.7. The van der Waals surface area contributed by atoms with Crippen molar-refractivity contribution >= 4 is 35.3 Å². The van der Waals surface area contributed by atoms with E-state index in [1.54, 1.807) is 0 Å². The van der Waals surface area contributed by atoms with Crippen molar-refractivity contribution in [2.24, 2.45) is 17.8 Å². The highest BCUT2D eigenvalue weighted by molar-refractivity contribution is 6.38. The number of rotatable bonds is 14. The summed E-state index contributed by atoms with van der Waals surface area (Å²) in [5.41, 5.74) is 0.0930. The summed E-state index contributed by atoms with van der Waals surface area (Å²) in [7, 11) is 0. The summed E-state index contributed by atoms with van der Waals surface area (Å²) in [6, 6.07) is -2.65. The fraction of sp³-hybridized carbons (Fsp3) is 0.692. The summed E-state index contributed by atoms with van der Waals surface area (Å²) in [5.74, 6) is -2.42. The van der Waals surface area contributed by atoms with Gasteiger partial charge in [-0.25, -0.2) is 4.98 Å². The van der Waals surface area contributed by atoms with E-state index in [1.165, 1.54) is 29.6 Å². The topological polar surface area (TPSA) is 180 Å². The summed E-state index contributed by atoms with van der Waals surface area (Å²) >= 11 is 0. The van der Waals surface area contributed by atoms with E-state index < -0.39 is 53.4 Å². The minimum absolute atomic E-state index is 0.0846. The van der Waals surface area contributed by atoms with Crippen molar-refractivity contribution in [2.45, 2.75) is 137 Å².